The van der Waals surface area contributed by atoms with E-state index < -0.39 is 0 Å². The Balaban J connectivity index is 1.69. The number of nitrogens with two attached hydrogens (primary N) is 1. The van der Waals surface area contributed by atoms with Crippen LogP contribution in [0.5, 0.6) is 0 Å². The second-order valence-electron chi connectivity index (χ2n) is 4.49. The molecule has 1 heterocycles. The lowest BCUT2D eigenvalue weighted by Crippen LogP contribution is -1.86. The average Bonchev–Trinajstić information content (AvgIpc) is 2.96. The molecule has 0 fully saturated rings. The third kappa shape index (κ3) is 3.87. The maximum Gasteiger partial charge on any atom is 0.104 e. The number of nitrogens with zero attached hydrogens (tertiary/aromatic N) is 1. The molecule has 2 N–H and O–H groups in total. The molecule has 0 aliphatic rings. The molecule has 3 aromatic rings. The topological polar surface area (TPSA) is 38.9 Å². The molecule has 0 radical (unpaired) electrons. The number of aromatic nitrogens is 1. The molecule has 2 aromatic carbocycles. The number of hydrogen-bond donors (Lipinski definition) is 1. The van der Waals surface area contributed by atoms with Crippen LogP contribution in [0.15, 0.2) is 63.3 Å². The Morgan fingerprint density at radius 3 is 2.71 bits per heavy atom. The van der Waals surface area contributed by atoms with Gasteiger partial charge in [0, 0.05) is 26.0 Å². The molecular weight excluding hydrogens is 364 g/mol. The van der Waals surface area contributed by atoms with Crippen LogP contribution in [0.3, 0.4) is 0 Å². The van der Waals surface area contributed by atoms with Crippen LogP contribution in [0, 0.1) is 0 Å². The van der Waals surface area contributed by atoms with Gasteiger partial charge in [-0.05, 0) is 36.4 Å². The van der Waals surface area contributed by atoms with E-state index in [9.17, 15) is 0 Å². The quantitative estimate of drug-likeness (QED) is 0.486. The highest BCUT2D eigenvalue weighted by Gasteiger charge is 2.05. The van der Waals surface area contributed by atoms with Crippen LogP contribution in [-0.4, -0.2) is 4.98 Å². The summed E-state index contributed by atoms with van der Waals surface area (Å²) >= 11 is 6.93. The fraction of sp³-hybridized carbons (Fsp3) is 0.0625. The lowest BCUT2D eigenvalue weighted by atomic mass is 10.1. The maximum absolute atomic E-state index is 5.82. The summed E-state index contributed by atoms with van der Waals surface area (Å²) in [6, 6.07) is 16.2. The van der Waals surface area contributed by atoms with Crippen LogP contribution in [0.2, 0.25) is 0 Å². The number of nitrogen functional groups attached to an aromatic ring is 1. The van der Waals surface area contributed by atoms with Crippen molar-refractivity contribution in [2.45, 2.75) is 10.6 Å². The van der Waals surface area contributed by atoms with Crippen LogP contribution < -0.4 is 5.73 Å². The van der Waals surface area contributed by atoms with E-state index >= 15 is 0 Å². The molecule has 0 unspecified atom stereocenters. The fourth-order valence-corrected chi connectivity index (χ4v) is 3.87. The summed E-state index contributed by atoms with van der Waals surface area (Å²) in [7, 11) is 0. The van der Waals surface area contributed by atoms with Gasteiger partial charge in [0.1, 0.15) is 5.01 Å². The number of thiazole rings is 1. The van der Waals surface area contributed by atoms with Gasteiger partial charge in [0.2, 0.25) is 0 Å². The second kappa shape index (κ2) is 6.64. The summed E-state index contributed by atoms with van der Waals surface area (Å²) in [6.45, 7) is 0. The second-order valence-corrected chi connectivity index (χ2v) is 7.40. The fourth-order valence-electron chi connectivity index (χ4n) is 1.88. The molecule has 3 rings (SSSR count). The normalized spacial score (nSPS) is 10.7. The van der Waals surface area contributed by atoms with Crippen molar-refractivity contribution in [3.05, 3.63) is 63.4 Å². The number of anilines is 1. The largest absolute Gasteiger partial charge is 0.399 e. The highest BCUT2D eigenvalue weighted by molar-refractivity contribution is 9.10. The van der Waals surface area contributed by atoms with Crippen molar-refractivity contribution in [3.8, 4) is 11.3 Å². The summed E-state index contributed by atoms with van der Waals surface area (Å²) < 4.78 is 1.10. The Labute approximate surface area is 140 Å². The van der Waals surface area contributed by atoms with Gasteiger partial charge in [-0.3, -0.25) is 0 Å². The Morgan fingerprint density at radius 1 is 1.14 bits per heavy atom. The van der Waals surface area contributed by atoms with E-state index in [4.69, 9.17) is 5.73 Å². The Bertz CT molecular complexity index is 738. The smallest absolute Gasteiger partial charge is 0.104 e. The summed E-state index contributed by atoms with van der Waals surface area (Å²) in [4.78, 5) is 5.94. The zero-order chi connectivity index (χ0) is 14.7. The van der Waals surface area contributed by atoms with E-state index in [-0.39, 0.29) is 0 Å². The molecule has 106 valence electrons. The van der Waals surface area contributed by atoms with Crippen molar-refractivity contribution in [2.24, 2.45) is 0 Å². The van der Waals surface area contributed by atoms with Crippen LogP contribution in [0.25, 0.3) is 11.3 Å². The molecule has 0 spiro atoms. The van der Waals surface area contributed by atoms with Crippen molar-refractivity contribution in [2.75, 3.05) is 5.73 Å². The van der Waals surface area contributed by atoms with Crippen LogP contribution >= 0.6 is 39.0 Å². The zero-order valence-electron chi connectivity index (χ0n) is 11.1. The molecule has 0 bridgehead atoms. The first-order valence-corrected chi connectivity index (χ1v) is 9.05. The van der Waals surface area contributed by atoms with Gasteiger partial charge in [0.25, 0.3) is 0 Å². The lowest BCUT2D eigenvalue weighted by molar-refractivity contribution is 1.26. The molecular formula is C16H13BrN2S2. The molecule has 21 heavy (non-hydrogen) atoms. The molecule has 2 nitrogen and oxygen atoms in total. The molecule has 0 atom stereocenters. The first-order valence-electron chi connectivity index (χ1n) is 6.39. The maximum atomic E-state index is 5.82. The first-order chi connectivity index (χ1) is 10.2. The van der Waals surface area contributed by atoms with E-state index in [1.165, 1.54) is 4.90 Å². The highest BCUT2D eigenvalue weighted by atomic mass is 79.9. The number of halogens is 1. The number of benzene rings is 2. The van der Waals surface area contributed by atoms with Crippen molar-refractivity contribution >= 4 is 44.7 Å². The van der Waals surface area contributed by atoms with Crippen molar-refractivity contribution < 1.29 is 0 Å². The molecule has 5 heteroatoms. The predicted octanol–water partition coefficient (Wildman–Crippen LogP) is 5.45. The van der Waals surface area contributed by atoms with E-state index in [1.807, 2.05) is 24.3 Å². The molecule has 0 aliphatic carbocycles. The van der Waals surface area contributed by atoms with Gasteiger partial charge in [-0.25, -0.2) is 4.98 Å². The van der Waals surface area contributed by atoms with Crippen molar-refractivity contribution in [1.29, 1.82) is 0 Å². The van der Waals surface area contributed by atoms with Gasteiger partial charge in [0.15, 0.2) is 0 Å². The highest BCUT2D eigenvalue weighted by Crippen LogP contribution is 2.29. The van der Waals surface area contributed by atoms with Crippen molar-refractivity contribution in [3.63, 3.8) is 0 Å². The third-order valence-electron chi connectivity index (χ3n) is 2.91. The van der Waals surface area contributed by atoms with Crippen LogP contribution in [-0.2, 0) is 5.75 Å². The summed E-state index contributed by atoms with van der Waals surface area (Å²) in [5.74, 6) is 0.884. The van der Waals surface area contributed by atoms with Gasteiger partial charge in [0.05, 0.1) is 11.4 Å². The van der Waals surface area contributed by atoms with Crippen molar-refractivity contribution in [1.82, 2.24) is 4.98 Å². The summed E-state index contributed by atoms with van der Waals surface area (Å²) in [6.07, 6.45) is 0. The van der Waals surface area contributed by atoms with Gasteiger partial charge >= 0.3 is 0 Å². The average molecular weight is 377 g/mol. The number of rotatable bonds is 4. The molecule has 0 saturated carbocycles. The van der Waals surface area contributed by atoms with Crippen LogP contribution in [0.1, 0.15) is 5.01 Å². The van der Waals surface area contributed by atoms with Crippen LogP contribution in [0.4, 0.5) is 5.69 Å². The van der Waals surface area contributed by atoms with E-state index in [0.717, 1.165) is 32.2 Å². The summed E-state index contributed by atoms with van der Waals surface area (Å²) in [5.41, 5.74) is 8.66. The SMILES string of the molecule is Nc1cccc(-c2csc(CSc3ccc(Br)cc3)n2)c1. The third-order valence-corrected chi connectivity index (χ3v) is 5.49. The van der Waals surface area contributed by atoms with Gasteiger partial charge in [-0.15, -0.1) is 23.1 Å². The Morgan fingerprint density at radius 2 is 1.95 bits per heavy atom. The lowest BCUT2D eigenvalue weighted by Gasteiger charge is -2.00. The van der Waals surface area contributed by atoms with Gasteiger partial charge < -0.3 is 5.73 Å². The number of thioether (sulfide) groups is 1. The minimum absolute atomic E-state index is 0.770. The van der Waals surface area contributed by atoms with Gasteiger partial charge in [-0.1, -0.05) is 28.1 Å². The monoisotopic (exact) mass is 376 g/mol. The molecule has 0 amide bonds. The van der Waals surface area contributed by atoms with E-state index in [1.54, 1.807) is 23.1 Å². The molecule has 0 aliphatic heterocycles. The summed E-state index contributed by atoms with van der Waals surface area (Å²) in [5, 5.41) is 3.21. The minimum Gasteiger partial charge on any atom is -0.399 e. The van der Waals surface area contributed by atoms with E-state index in [2.05, 4.69) is 50.6 Å². The molecule has 0 saturated heterocycles. The van der Waals surface area contributed by atoms with Gasteiger partial charge in [-0.2, -0.15) is 0 Å². The Kier molecular flexibility index (Phi) is 4.63. The minimum atomic E-state index is 0.770. The zero-order valence-corrected chi connectivity index (χ0v) is 14.3. The molecule has 1 aromatic heterocycles. The number of hydrogen-bond acceptors (Lipinski definition) is 4. The first kappa shape index (κ1) is 14.6. The van der Waals surface area contributed by atoms with E-state index in [0.29, 0.717) is 0 Å². The standard InChI is InChI=1S/C16H13BrN2S2/c17-12-4-6-14(7-5-12)20-10-16-19-15(9-21-16)11-2-1-3-13(18)8-11/h1-9H,10,18H2. The predicted molar refractivity (Wildman–Crippen MR) is 95.7 cm³/mol. The Hall–Kier alpha value is -1.30.